The molecular weight excluding hydrogens is 236 g/mol. The van der Waals surface area contributed by atoms with Gasteiger partial charge in [-0.2, -0.15) is 0 Å². The van der Waals surface area contributed by atoms with Crippen LogP contribution in [0.3, 0.4) is 0 Å². The maximum Gasteiger partial charge on any atom is 0.251 e. The molecule has 0 fully saturated rings. The lowest BCUT2D eigenvalue weighted by Gasteiger charge is -2.08. The molecular formula is C16H17N2O. The molecule has 0 unspecified atom stereocenters. The average molecular weight is 253 g/mol. The number of hydrogen-bond acceptors (Lipinski definition) is 1. The summed E-state index contributed by atoms with van der Waals surface area (Å²) >= 11 is 0. The minimum atomic E-state index is -0.0519. The molecule has 2 N–H and O–H groups in total. The molecule has 0 heterocycles. The van der Waals surface area contributed by atoms with Crippen LogP contribution >= 0.6 is 0 Å². The van der Waals surface area contributed by atoms with E-state index in [2.05, 4.69) is 5.32 Å². The topological polar surface area (TPSA) is 52.9 Å². The highest BCUT2D eigenvalue weighted by Gasteiger charge is 2.04. The van der Waals surface area contributed by atoms with Crippen molar-refractivity contribution in [1.82, 2.24) is 11.1 Å². The fourth-order valence-corrected chi connectivity index (χ4v) is 1.98. The molecule has 0 atom stereocenters. The van der Waals surface area contributed by atoms with Gasteiger partial charge in [0.15, 0.2) is 0 Å². The second kappa shape index (κ2) is 6.71. The first-order valence-corrected chi connectivity index (χ1v) is 6.36. The summed E-state index contributed by atoms with van der Waals surface area (Å²) < 4.78 is 0. The van der Waals surface area contributed by atoms with Crippen molar-refractivity contribution in [2.45, 2.75) is 13.0 Å². The first-order chi connectivity index (χ1) is 9.31. The van der Waals surface area contributed by atoms with Crippen LogP contribution in [0.2, 0.25) is 0 Å². The third-order valence-corrected chi connectivity index (χ3v) is 3.02. The van der Waals surface area contributed by atoms with Gasteiger partial charge < -0.3 is 5.32 Å². The molecule has 0 aromatic heterocycles. The maximum atomic E-state index is 11.8. The Morgan fingerprint density at radius 1 is 0.947 bits per heavy atom. The van der Waals surface area contributed by atoms with E-state index in [1.165, 1.54) is 0 Å². The van der Waals surface area contributed by atoms with Gasteiger partial charge in [0, 0.05) is 18.7 Å². The molecule has 0 saturated carbocycles. The molecule has 2 aromatic carbocycles. The number of nitrogens with one attached hydrogen (secondary N) is 2. The molecule has 3 heteroatoms. The van der Waals surface area contributed by atoms with E-state index in [1.807, 2.05) is 42.5 Å². The summed E-state index contributed by atoms with van der Waals surface area (Å²) in [4.78, 5) is 11.8. The predicted octanol–water partition coefficient (Wildman–Crippen LogP) is 2.44. The van der Waals surface area contributed by atoms with Crippen LogP contribution in [0, 0.1) is 0 Å². The van der Waals surface area contributed by atoms with E-state index in [-0.39, 0.29) is 12.5 Å². The van der Waals surface area contributed by atoms with Crippen LogP contribution in [0.4, 0.5) is 0 Å². The van der Waals surface area contributed by atoms with Crippen molar-refractivity contribution >= 4 is 5.91 Å². The zero-order chi connectivity index (χ0) is 13.5. The highest BCUT2D eigenvalue weighted by Crippen LogP contribution is 2.08. The third-order valence-electron chi connectivity index (χ3n) is 3.02. The van der Waals surface area contributed by atoms with E-state index in [9.17, 15) is 4.79 Å². The zero-order valence-electron chi connectivity index (χ0n) is 10.7. The Morgan fingerprint density at radius 2 is 1.58 bits per heavy atom. The van der Waals surface area contributed by atoms with Crippen molar-refractivity contribution in [1.29, 1.82) is 0 Å². The van der Waals surface area contributed by atoms with Gasteiger partial charge in [-0.15, -0.1) is 0 Å². The molecule has 0 spiro atoms. The Kier molecular flexibility index (Phi) is 4.70. The van der Waals surface area contributed by atoms with Gasteiger partial charge in [0.25, 0.3) is 5.91 Å². The van der Waals surface area contributed by atoms with Crippen LogP contribution in [0.5, 0.6) is 0 Å². The molecule has 19 heavy (non-hydrogen) atoms. The Labute approximate surface area is 113 Å². The summed E-state index contributed by atoms with van der Waals surface area (Å²) in [6.45, 7) is 0.869. The van der Waals surface area contributed by atoms with Gasteiger partial charge >= 0.3 is 0 Å². The van der Waals surface area contributed by atoms with E-state index in [0.29, 0.717) is 12.1 Å². The summed E-state index contributed by atoms with van der Waals surface area (Å²) in [7, 11) is 0. The van der Waals surface area contributed by atoms with Crippen molar-refractivity contribution in [3.63, 3.8) is 0 Å². The number of hydrogen-bond donors (Lipinski definition) is 1. The van der Waals surface area contributed by atoms with Gasteiger partial charge in [0.2, 0.25) is 0 Å². The van der Waals surface area contributed by atoms with Gasteiger partial charge in [-0.25, -0.2) is 0 Å². The normalized spacial score (nSPS) is 10.2. The smallest absolute Gasteiger partial charge is 0.251 e. The quantitative estimate of drug-likeness (QED) is 0.874. The standard InChI is InChI=1S/C16H17N2O/c17-12-15-9-5-4-6-13(15)10-11-18-16(19)14-7-2-1-3-8-14/h1-9,17H,10-12H2,(H,18,19). The Bertz CT molecular complexity index is 537. The number of amides is 1. The average Bonchev–Trinajstić information content (AvgIpc) is 2.48. The molecule has 2 aromatic rings. The Morgan fingerprint density at radius 3 is 2.26 bits per heavy atom. The molecule has 0 bridgehead atoms. The first-order valence-electron chi connectivity index (χ1n) is 6.36. The van der Waals surface area contributed by atoms with Gasteiger partial charge in [0.1, 0.15) is 0 Å². The minimum absolute atomic E-state index is 0.0519. The lowest BCUT2D eigenvalue weighted by molar-refractivity contribution is 0.0954. The summed E-state index contributed by atoms with van der Waals surface area (Å²) in [5, 5.41) is 2.90. The van der Waals surface area contributed by atoms with Crippen LogP contribution in [0.15, 0.2) is 54.6 Å². The Balaban J connectivity index is 1.88. The minimum Gasteiger partial charge on any atom is -0.352 e. The molecule has 3 nitrogen and oxygen atoms in total. The number of carbonyl (C=O) groups is 1. The number of rotatable bonds is 5. The van der Waals surface area contributed by atoms with Gasteiger partial charge in [-0.05, 0) is 29.7 Å². The van der Waals surface area contributed by atoms with Crippen LogP contribution in [0.25, 0.3) is 0 Å². The van der Waals surface area contributed by atoms with Crippen LogP contribution < -0.4 is 11.1 Å². The maximum absolute atomic E-state index is 11.8. The summed E-state index contributed by atoms with van der Waals surface area (Å²) in [5.74, 6) is -0.0519. The summed E-state index contributed by atoms with van der Waals surface area (Å²) in [6, 6.07) is 17.1. The van der Waals surface area contributed by atoms with Crippen LogP contribution in [-0.2, 0) is 13.0 Å². The fraction of sp³-hybridized carbons (Fsp3) is 0.188. The van der Waals surface area contributed by atoms with Gasteiger partial charge in [-0.3, -0.25) is 10.5 Å². The molecule has 1 radical (unpaired) electrons. The van der Waals surface area contributed by atoms with Crippen molar-refractivity contribution in [3.05, 3.63) is 71.3 Å². The van der Waals surface area contributed by atoms with E-state index in [4.69, 9.17) is 5.73 Å². The van der Waals surface area contributed by atoms with Crippen molar-refractivity contribution in [3.8, 4) is 0 Å². The van der Waals surface area contributed by atoms with Gasteiger partial charge in [0.05, 0.1) is 0 Å². The highest BCUT2D eigenvalue weighted by molar-refractivity contribution is 5.94. The van der Waals surface area contributed by atoms with Crippen LogP contribution in [0.1, 0.15) is 21.5 Å². The molecule has 0 aliphatic carbocycles. The molecule has 0 aliphatic rings. The predicted molar refractivity (Wildman–Crippen MR) is 75.7 cm³/mol. The fourth-order valence-electron chi connectivity index (χ4n) is 1.98. The van der Waals surface area contributed by atoms with E-state index in [0.717, 1.165) is 17.5 Å². The SMILES string of the molecule is [NH]Cc1ccccc1CCNC(=O)c1ccccc1. The second-order valence-electron chi connectivity index (χ2n) is 4.32. The van der Waals surface area contributed by atoms with Crippen molar-refractivity contribution in [2.24, 2.45) is 0 Å². The molecule has 1 amide bonds. The molecule has 0 aliphatic heterocycles. The summed E-state index contributed by atoms with van der Waals surface area (Å²) in [6.07, 6.45) is 0.758. The lowest BCUT2D eigenvalue weighted by atomic mass is 10.0. The largest absolute Gasteiger partial charge is 0.352 e. The molecule has 0 saturated heterocycles. The number of benzene rings is 2. The van der Waals surface area contributed by atoms with Crippen molar-refractivity contribution in [2.75, 3.05) is 6.54 Å². The first kappa shape index (κ1) is 13.3. The van der Waals surface area contributed by atoms with E-state index in [1.54, 1.807) is 12.1 Å². The van der Waals surface area contributed by atoms with E-state index >= 15 is 0 Å². The summed E-state index contributed by atoms with van der Waals surface area (Å²) in [5.41, 5.74) is 10.3. The van der Waals surface area contributed by atoms with E-state index < -0.39 is 0 Å². The van der Waals surface area contributed by atoms with Crippen molar-refractivity contribution < 1.29 is 4.79 Å². The molecule has 97 valence electrons. The second-order valence-corrected chi connectivity index (χ2v) is 4.32. The monoisotopic (exact) mass is 253 g/mol. The molecule has 2 rings (SSSR count). The lowest BCUT2D eigenvalue weighted by Crippen LogP contribution is -2.25. The van der Waals surface area contributed by atoms with Crippen LogP contribution in [-0.4, -0.2) is 12.5 Å². The zero-order valence-corrected chi connectivity index (χ0v) is 10.7. The third kappa shape index (κ3) is 3.66. The Hall–Kier alpha value is -2.13. The highest BCUT2D eigenvalue weighted by atomic mass is 16.1. The van der Waals surface area contributed by atoms with Gasteiger partial charge in [-0.1, -0.05) is 42.5 Å². The number of carbonyl (C=O) groups excluding carboxylic acids is 1.